The first-order valence-electron chi connectivity index (χ1n) is 5.89. The van der Waals surface area contributed by atoms with Crippen molar-refractivity contribution >= 4 is 0 Å². The minimum atomic E-state index is 0.0290. The van der Waals surface area contributed by atoms with Gasteiger partial charge in [0.2, 0.25) is 0 Å². The highest BCUT2D eigenvalue weighted by atomic mass is 15.2. The predicted octanol–water partition coefficient (Wildman–Crippen LogP) is 1.45. The molecular weight excluding hydrogens is 200 g/mol. The second kappa shape index (κ2) is 5.46. The molecule has 0 aromatic carbocycles. The van der Waals surface area contributed by atoms with Crippen molar-refractivity contribution in [2.45, 2.75) is 33.2 Å². The fourth-order valence-corrected chi connectivity index (χ4v) is 1.44. The van der Waals surface area contributed by atoms with Crippen LogP contribution in [-0.4, -0.2) is 22.9 Å². The number of aromatic nitrogens is 2. The standard InChI is InChI=1S/C12H24N4/c1-5-12(2,3)9-14-7-11(13)10-6-15-16(4)8-10/h6,8,11,14H,5,7,9,13H2,1-4H3. The number of nitrogens with two attached hydrogens (primary N) is 1. The number of nitrogens with one attached hydrogen (secondary N) is 1. The van der Waals surface area contributed by atoms with Crippen LogP contribution in [0.2, 0.25) is 0 Å². The highest BCUT2D eigenvalue weighted by molar-refractivity contribution is 5.09. The Labute approximate surface area is 98.2 Å². The Kier molecular flexibility index (Phi) is 4.50. The number of hydrogen-bond acceptors (Lipinski definition) is 3. The van der Waals surface area contributed by atoms with E-state index in [4.69, 9.17) is 5.73 Å². The molecule has 1 atom stereocenters. The molecule has 0 aliphatic carbocycles. The van der Waals surface area contributed by atoms with E-state index in [1.54, 1.807) is 4.68 Å². The van der Waals surface area contributed by atoms with Gasteiger partial charge in [0.05, 0.1) is 6.20 Å². The van der Waals surface area contributed by atoms with Crippen molar-refractivity contribution in [1.82, 2.24) is 15.1 Å². The van der Waals surface area contributed by atoms with Crippen LogP contribution in [0.3, 0.4) is 0 Å². The Balaban J connectivity index is 2.33. The van der Waals surface area contributed by atoms with Crippen LogP contribution in [0, 0.1) is 5.41 Å². The van der Waals surface area contributed by atoms with E-state index in [-0.39, 0.29) is 6.04 Å². The first kappa shape index (κ1) is 13.2. The molecule has 0 bridgehead atoms. The average Bonchev–Trinajstić information content (AvgIpc) is 2.64. The fraction of sp³-hybridized carbons (Fsp3) is 0.750. The molecule has 0 spiro atoms. The zero-order chi connectivity index (χ0) is 12.2. The molecule has 1 aromatic rings. The van der Waals surface area contributed by atoms with Gasteiger partial charge in [0.15, 0.2) is 0 Å². The molecule has 1 unspecified atom stereocenters. The molecule has 4 nitrogen and oxygen atoms in total. The monoisotopic (exact) mass is 224 g/mol. The van der Waals surface area contributed by atoms with E-state index in [1.807, 2.05) is 19.4 Å². The lowest BCUT2D eigenvalue weighted by Gasteiger charge is -2.24. The molecule has 1 rings (SSSR count). The molecule has 1 heterocycles. The first-order chi connectivity index (χ1) is 7.44. The summed E-state index contributed by atoms with van der Waals surface area (Å²) in [5.74, 6) is 0. The molecule has 0 saturated carbocycles. The second-order valence-corrected chi connectivity index (χ2v) is 5.20. The minimum absolute atomic E-state index is 0.0290. The maximum absolute atomic E-state index is 6.06. The quantitative estimate of drug-likeness (QED) is 0.769. The maximum atomic E-state index is 6.06. The third-order valence-corrected chi connectivity index (χ3v) is 3.08. The lowest BCUT2D eigenvalue weighted by atomic mass is 9.90. The molecule has 1 aromatic heterocycles. The third kappa shape index (κ3) is 3.94. The lowest BCUT2D eigenvalue weighted by molar-refractivity contribution is 0.325. The van der Waals surface area contributed by atoms with E-state index in [0.29, 0.717) is 5.41 Å². The summed E-state index contributed by atoms with van der Waals surface area (Å²) in [6.07, 6.45) is 4.97. The van der Waals surface area contributed by atoms with Gasteiger partial charge in [-0.3, -0.25) is 4.68 Å². The Morgan fingerprint density at radius 1 is 1.56 bits per heavy atom. The predicted molar refractivity (Wildman–Crippen MR) is 67.1 cm³/mol. The van der Waals surface area contributed by atoms with Gasteiger partial charge in [-0.2, -0.15) is 5.10 Å². The van der Waals surface area contributed by atoms with Crippen molar-refractivity contribution in [3.63, 3.8) is 0 Å². The molecule has 0 amide bonds. The van der Waals surface area contributed by atoms with Crippen LogP contribution in [0.1, 0.15) is 38.8 Å². The molecular formula is C12H24N4. The van der Waals surface area contributed by atoms with Crippen LogP contribution in [0.4, 0.5) is 0 Å². The molecule has 92 valence electrons. The van der Waals surface area contributed by atoms with Gasteiger partial charge in [-0.05, 0) is 11.8 Å². The smallest absolute Gasteiger partial charge is 0.0537 e. The van der Waals surface area contributed by atoms with E-state index in [2.05, 4.69) is 31.2 Å². The largest absolute Gasteiger partial charge is 0.323 e. The Hall–Kier alpha value is -0.870. The second-order valence-electron chi connectivity index (χ2n) is 5.20. The van der Waals surface area contributed by atoms with Gasteiger partial charge in [0.25, 0.3) is 0 Å². The van der Waals surface area contributed by atoms with E-state index in [9.17, 15) is 0 Å². The lowest BCUT2D eigenvalue weighted by Crippen LogP contribution is -2.34. The summed E-state index contributed by atoms with van der Waals surface area (Å²) in [6, 6.07) is 0.0290. The summed E-state index contributed by atoms with van der Waals surface area (Å²) in [5.41, 5.74) is 7.49. The normalized spacial score (nSPS) is 14.1. The van der Waals surface area contributed by atoms with Gasteiger partial charge in [0, 0.05) is 37.9 Å². The first-order valence-corrected chi connectivity index (χ1v) is 5.89. The zero-order valence-corrected chi connectivity index (χ0v) is 10.8. The molecule has 0 saturated heterocycles. The Morgan fingerprint density at radius 3 is 2.75 bits per heavy atom. The molecule has 4 heteroatoms. The van der Waals surface area contributed by atoms with Gasteiger partial charge in [-0.15, -0.1) is 0 Å². The van der Waals surface area contributed by atoms with Gasteiger partial charge in [0.1, 0.15) is 0 Å². The van der Waals surface area contributed by atoms with Gasteiger partial charge < -0.3 is 11.1 Å². The van der Waals surface area contributed by atoms with Crippen LogP contribution in [-0.2, 0) is 7.05 Å². The minimum Gasteiger partial charge on any atom is -0.323 e. The van der Waals surface area contributed by atoms with E-state index in [1.165, 1.54) is 6.42 Å². The maximum Gasteiger partial charge on any atom is 0.0537 e. The topological polar surface area (TPSA) is 55.9 Å². The summed E-state index contributed by atoms with van der Waals surface area (Å²) >= 11 is 0. The molecule has 0 fully saturated rings. The van der Waals surface area contributed by atoms with Crippen molar-refractivity contribution in [3.05, 3.63) is 18.0 Å². The summed E-state index contributed by atoms with van der Waals surface area (Å²) < 4.78 is 1.78. The number of hydrogen-bond donors (Lipinski definition) is 2. The van der Waals surface area contributed by atoms with Crippen LogP contribution in [0.5, 0.6) is 0 Å². The van der Waals surface area contributed by atoms with Crippen LogP contribution >= 0.6 is 0 Å². The molecule has 3 N–H and O–H groups in total. The number of nitrogens with zero attached hydrogens (tertiary/aromatic N) is 2. The van der Waals surface area contributed by atoms with E-state index >= 15 is 0 Å². The fourth-order valence-electron chi connectivity index (χ4n) is 1.44. The van der Waals surface area contributed by atoms with Crippen LogP contribution in [0.15, 0.2) is 12.4 Å². The zero-order valence-electron chi connectivity index (χ0n) is 10.8. The van der Waals surface area contributed by atoms with Crippen molar-refractivity contribution in [2.24, 2.45) is 18.2 Å². The molecule has 0 aliphatic rings. The van der Waals surface area contributed by atoms with Crippen LogP contribution in [0.25, 0.3) is 0 Å². The molecule has 0 radical (unpaired) electrons. The molecule has 16 heavy (non-hydrogen) atoms. The Bertz CT molecular complexity index is 317. The Morgan fingerprint density at radius 2 is 2.25 bits per heavy atom. The summed E-state index contributed by atoms with van der Waals surface area (Å²) in [5, 5.41) is 7.54. The molecule has 0 aliphatic heterocycles. The van der Waals surface area contributed by atoms with Crippen molar-refractivity contribution in [3.8, 4) is 0 Å². The van der Waals surface area contributed by atoms with Crippen molar-refractivity contribution in [2.75, 3.05) is 13.1 Å². The number of aryl methyl sites for hydroxylation is 1. The highest BCUT2D eigenvalue weighted by Crippen LogP contribution is 2.18. The number of rotatable bonds is 6. The summed E-state index contributed by atoms with van der Waals surface area (Å²) in [6.45, 7) is 8.53. The van der Waals surface area contributed by atoms with Crippen molar-refractivity contribution in [1.29, 1.82) is 0 Å². The van der Waals surface area contributed by atoms with Gasteiger partial charge in [-0.25, -0.2) is 0 Å². The van der Waals surface area contributed by atoms with Crippen molar-refractivity contribution < 1.29 is 0 Å². The van der Waals surface area contributed by atoms with Crippen LogP contribution < -0.4 is 11.1 Å². The van der Waals surface area contributed by atoms with Gasteiger partial charge >= 0.3 is 0 Å². The van der Waals surface area contributed by atoms with E-state index < -0.39 is 0 Å². The summed E-state index contributed by atoms with van der Waals surface area (Å²) in [7, 11) is 1.91. The van der Waals surface area contributed by atoms with Gasteiger partial charge in [-0.1, -0.05) is 20.8 Å². The summed E-state index contributed by atoms with van der Waals surface area (Å²) in [4.78, 5) is 0. The van der Waals surface area contributed by atoms with E-state index in [0.717, 1.165) is 18.7 Å². The third-order valence-electron chi connectivity index (χ3n) is 3.08. The SMILES string of the molecule is CCC(C)(C)CNCC(N)c1cnn(C)c1. The average molecular weight is 224 g/mol. The highest BCUT2D eigenvalue weighted by Gasteiger charge is 2.15.